The number of carbonyl (C=O) groups is 2. The van der Waals surface area contributed by atoms with Crippen LogP contribution in [0.25, 0.3) is 0 Å². The highest BCUT2D eigenvalue weighted by Crippen LogP contribution is 2.38. The standard InChI is InChI=1S/C22H29N3O7/c1-5-23-21(26)17-11-16(32-24-17)13-25(12-15-7-6-8-31-15)22(27)14-9-18(28-2)20(30-4)19(10-14)29-3/h9-11,15H,5-8,12-13H2,1-4H3,(H,23,26). The summed E-state index contributed by atoms with van der Waals surface area (Å²) in [5.74, 6) is 0.958. The van der Waals surface area contributed by atoms with Gasteiger partial charge in [-0.1, -0.05) is 5.16 Å². The van der Waals surface area contributed by atoms with E-state index in [1.807, 2.05) is 6.92 Å². The number of rotatable bonds is 10. The first-order valence-electron chi connectivity index (χ1n) is 10.4. The van der Waals surface area contributed by atoms with E-state index in [2.05, 4.69) is 10.5 Å². The van der Waals surface area contributed by atoms with Crippen molar-refractivity contribution in [1.82, 2.24) is 15.4 Å². The first kappa shape index (κ1) is 23.4. The maximum Gasteiger partial charge on any atom is 0.273 e. The monoisotopic (exact) mass is 447 g/mol. The lowest BCUT2D eigenvalue weighted by Gasteiger charge is -2.25. The molecule has 0 saturated carbocycles. The maximum absolute atomic E-state index is 13.5. The molecule has 1 aromatic carbocycles. The molecule has 0 radical (unpaired) electrons. The van der Waals surface area contributed by atoms with E-state index in [1.165, 1.54) is 27.4 Å². The molecule has 1 saturated heterocycles. The number of aromatic nitrogens is 1. The molecule has 10 nitrogen and oxygen atoms in total. The molecule has 3 rings (SSSR count). The Morgan fingerprint density at radius 2 is 1.88 bits per heavy atom. The first-order valence-corrected chi connectivity index (χ1v) is 10.4. The maximum atomic E-state index is 13.5. The summed E-state index contributed by atoms with van der Waals surface area (Å²) in [6, 6.07) is 4.75. The van der Waals surface area contributed by atoms with E-state index in [0.717, 1.165) is 12.8 Å². The van der Waals surface area contributed by atoms with E-state index >= 15 is 0 Å². The highest BCUT2D eigenvalue weighted by atomic mass is 16.5. The van der Waals surface area contributed by atoms with E-state index < -0.39 is 0 Å². The largest absolute Gasteiger partial charge is 0.493 e. The van der Waals surface area contributed by atoms with Crippen LogP contribution in [0.15, 0.2) is 22.7 Å². The minimum atomic E-state index is -0.330. The summed E-state index contributed by atoms with van der Waals surface area (Å²) >= 11 is 0. The second-order valence-corrected chi connectivity index (χ2v) is 7.27. The van der Waals surface area contributed by atoms with Crippen LogP contribution < -0.4 is 19.5 Å². The second kappa shape index (κ2) is 10.9. The van der Waals surface area contributed by atoms with Gasteiger partial charge in [0.25, 0.3) is 11.8 Å². The number of nitrogens with zero attached hydrogens (tertiary/aromatic N) is 2. The fraction of sp³-hybridized carbons (Fsp3) is 0.500. The molecule has 174 valence electrons. The van der Waals surface area contributed by atoms with E-state index in [0.29, 0.717) is 48.3 Å². The van der Waals surface area contributed by atoms with Crippen LogP contribution in [0.4, 0.5) is 0 Å². The summed E-state index contributed by atoms with van der Waals surface area (Å²) in [4.78, 5) is 27.1. The number of nitrogens with one attached hydrogen (secondary N) is 1. The van der Waals surface area contributed by atoms with E-state index in [1.54, 1.807) is 17.0 Å². The molecule has 2 heterocycles. The molecule has 0 spiro atoms. The van der Waals surface area contributed by atoms with Gasteiger partial charge >= 0.3 is 0 Å². The molecule has 2 aromatic rings. The summed E-state index contributed by atoms with van der Waals surface area (Å²) < 4.78 is 27.2. The lowest BCUT2D eigenvalue weighted by Crippen LogP contribution is -2.37. The summed E-state index contributed by atoms with van der Waals surface area (Å²) in [6.07, 6.45) is 1.73. The summed E-state index contributed by atoms with van der Waals surface area (Å²) in [7, 11) is 4.49. The number of hydrogen-bond acceptors (Lipinski definition) is 8. The average molecular weight is 447 g/mol. The van der Waals surface area contributed by atoms with Crippen molar-refractivity contribution in [3.63, 3.8) is 0 Å². The fourth-order valence-corrected chi connectivity index (χ4v) is 3.57. The molecule has 1 atom stereocenters. The molecule has 1 aromatic heterocycles. The van der Waals surface area contributed by atoms with Crippen molar-refractivity contribution < 1.29 is 33.1 Å². The van der Waals surface area contributed by atoms with Gasteiger partial charge in [0, 0.05) is 31.3 Å². The van der Waals surface area contributed by atoms with Gasteiger partial charge in [-0.25, -0.2) is 0 Å². The Balaban J connectivity index is 1.88. The zero-order chi connectivity index (χ0) is 23.1. The van der Waals surface area contributed by atoms with Crippen molar-refractivity contribution >= 4 is 11.8 Å². The van der Waals surface area contributed by atoms with Gasteiger partial charge in [0.2, 0.25) is 5.75 Å². The van der Waals surface area contributed by atoms with Gasteiger partial charge in [-0.3, -0.25) is 9.59 Å². The van der Waals surface area contributed by atoms with E-state index in [-0.39, 0.29) is 30.2 Å². The van der Waals surface area contributed by atoms with Crippen molar-refractivity contribution in [2.45, 2.75) is 32.4 Å². The third-order valence-corrected chi connectivity index (χ3v) is 5.12. The Morgan fingerprint density at radius 3 is 2.44 bits per heavy atom. The third-order valence-electron chi connectivity index (χ3n) is 5.12. The van der Waals surface area contributed by atoms with Crippen molar-refractivity contribution in [2.24, 2.45) is 0 Å². The highest BCUT2D eigenvalue weighted by Gasteiger charge is 2.27. The minimum absolute atomic E-state index is 0.0771. The number of amides is 2. The Hall–Kier alpha value is -3.27. The van der Waals surface area contributed by atoms with Crippen molar-refractivity contribution in [3.8, 4) is 17.2 Å². The lowest BCUT2D eigenvalue weighted by molar-refractivity contribution is 0.0486. The van der Waals surface area contributed by atoms with Gasteiger partial charge in [0.15, 0.2) is 23.0 Å². The van der Waals surface area contributed by atoms with Gasteiger partial charge in [-0.15, -0.1) is 0 Å². The van der Waals surface area contributed by atoms with Crippen LogP contribution in [0, 0.1) is 0 Å². The summed E-state index contributed by atoms with van der Waals surface area (Å²) in [6.45, 7) is 3.46. The molecule has 0 bridgehead atoms. The Bertz CT molecular complexity index is 912. The van der Waals surface area contributed by atoms with Crippen LogP contribution in [-0.2, 0) is 11.3 Å². The smallest absolute Gasteiger partial charge is 0.273 e. The second-order valence-electron chi connectivity index (χ2n) is 7.27. The van der Waals surface area contributed by atoms with Crippen LogP contribution in [0.5, 0.6) is 17.2 Å². The Labute approximate surface area is 186 Å². The van der Waals surface area contributed by atoms with Crippen LogP contribution >= 0.6 is 0 Å². The SMILES string of the molecule is CCNC(=O)c1cc(CN(CC2CCCO2)C(=O)c2cc(OC)c(OC)c(OC)c2)on1. The Morgan fingerprint density at radius 1 is 1.16 bits per heavy atom. The average Bonchev–Trinajstić information content (AvgIpc) is 3.49. The molecular formula is C22H29N3O7. The van der Waals surface area contributed by atoms with Gasteiger partial charge in [0.1, 0.15) is 0 Å². The lowest BCUT2D eigenvalue weighted by atomic mass is 10.1. The molecule has 1 N–H and O–H groups in total. The zero-order valence-corrected chi connectivity index (χ0v) is 18.8. The van der Waals surface area contributed by atoms with Crippen LogP contribution in [0.3, 0.4) is 0 Å². The van der Waals surface area contributed by atoms with Gasteiger partial charge < -0.3 is 33.7 Å². The number of methoxy groups -OCH3 is 3. The predicted molar refractivity (Wildman–Crippen MR) is 114 cm³/mol. The van der Waals surface area contributed by atoms with Crippen molar-refractivity contribution in [3.05, 3.63) is 35.2 Å². The number of carbonyl (C=O) groups excluding carboxylic acids is 2. The van der Waals surface area contributed by atoms with E-state index in [4.69, 9.17) is 23.5 Å². The molecule has 1 fully saturated rings. The van der Waals surface area contributed by atoms with Crippen LogP contribution in [-0.4, -0.2) is 69.0 Å². The quantitative estimate of drug-likeness (QED) is 0.590. The summed E-state index contributed by atoms with van der Waals surface area (Å²) in [5, 5.41) is 6.49. The fourth-order valence-electron chi connectivity index (χ4n) is 3.57. The molecule has 2 amide bonds. The molecule has 1 aliphatic rings. The van der Waals surface area contributed by atoms with Gasteiger partial charge in [-0.05, 0) is 31.9 Å². The molecule has 32 heavy (non-hydrogen) atoms. The Kier molecular flexibility index (Phi) is 7.93. The summed E-state index contributed by atoms with van der Waals surface area (Å²) in [5.41, 5.74) is 0.528. The number of hydrogen-bond donors (Lipinski definition) is 1. The predicted octanol–water partition coefficient (Wildman–Crippen LogP) is 2.27. The van der Waals surface area contributed by atoms with Crippen molar-refractivity contribution in [1.29, 1.82) is 0 Å². The number of benzene rings is 1. The van der Waals surface area contributed by atoms with Crippen LogP contribution in [0.2, 0.25) is 0 Å². The van der Waals surface area contributed by atoms with Gasteiger partial charge in [-0.2, -0.15) is 0 Å². The minimum Gasteiger partial charge on any atom is -0.493 e. The molecule has 0 aliphatic carbocycles. The number of ether oxygens (including phenoxy) is 4. The molecular weight excluding hydrogens is 418 g/mol. The topological polar surface area (TPSA) is 112 Å². The third kappa shape index (κ3) is 5.31. The van der Waals surface area contributed by atoms with Gasteiger partial charge in [0.05, 0.1) is 34.0 Å². The van der Waals surface area contributed by atoms with E-state index in [9.17, 15) is 9.59 Å². The van der Waals surface area contributed by atoms with Crippen molar-refractivity contribution in [2.75, 3.05) is 41.0 Å². The highest BCUT2D eigenvalue weighted by molar-refractivity contribution is 5.96. The zero-order valence-electron chi connectivity index (χ0n) is 18.8. The first-order chi connectivity index (χ1) is 15.5. The molecule has 10 heteroatoms. The normalized spacial score (nSPS) is 15.3. The molecule has 1 unspecified atom stereocenters. The van der Waals surface area contributed by atoms with Crippen LogP contribution in [0.1, 0.15) is 46.4 Å². The molecule has 1 aliphatic heterocycles.